The van der Waals surface area contributed by atoms with Crippen LogP contribution in [0.15, 0.2) is 83.7 Å². The van der Waals surface area contributed by atoms with Gasteiger partial charge in [-0.1, -0.05) is 18.2 Å². The fraction of sp³-hybridized carbons (Fsp3) is 0.0833. The van der Waals surface area contributed by atoms with Gasteiger partial charge in [0.2, 0.25) is 5.95 Å². The van der Waals surface area contributed by atoms with Crippen LogP contribution in [-0.4, -0.2) is 14.5 Å². The molecule has 0 saturated heterocycles. The number of rotatable bonds is 6. The largest absolute Gasteiger partial charge is 0.457 e. The SMILES string of the molecule is O=c1cc(C(F)(F)F)nc(Nc2ccc(C(F)(F)F)cc2[N+](=O)[O-])n1-c1ccc(Oc2ccccc2)cc1. The van der Waals surface area contributed by atoms with Gasteiger partial charge in [-0.05, 0) is 48.5 Å². The van der Waals surface area contributed by atoms with Crippen LogP contribution in [0, 0.1) is 10.1 Å². The van der Waals surface area contributed by atoms with E-state index in [0.29, 0.717) is 28.2 Å². The van der Waals surface area contributed by atoms with Gasteiger partial charge in [0.05, 0.1) is 16.2 Å². The third-order valence-corrected chi connectivity index (χ3v) is 5.05. The van der Waals surface area contributed by atoms with Gasteiger partial charge in [0.25, 0.3) is 11.2 Å². The van der Waals surface area contributed by atoms with Crippen molar-refractivity contribution in [2.45, 2.75) is 12.4 Å². The molecule has 8 nitrogen and oxygen atoms in total. The molecule has 0 aliphatic carbocycles. The van der Waals surface area contributed by atoms with E-state index in [4.69, 9.17) is 4.74 Å². The summed E-state index contributed by atoms with van der Waals surface area (Å²) in [5, 5.41) is 13.7. The van der Waals surface area contributed by atoms with Crippen LogP contribution in [0.1, 0.15) is 11.3 Å². The Balaban J connectivity index is 1.80. The number of nitrogens with zero attached hydrogens (tertiary/aromatic N) is 3. The molecular weight excluding hydrogens is 522 g/mol. The lowest BCUT2D eigenvalue weighted by atomic mass is 10.1. The summed E-state index contributed by atoms with van der Waals surface area (Å²) < 4.78 is 85.6. The molecule has 0 unspecified atom stereocenters. The van der Waals surface area contributed by atoms with E-state index in [1.165, 1.54) is 24.3 Å². The topological polar surface area (TPSA) is 99.3 Å². The quantitative estimate of drug-likeness (QED) is 0.167. The fourth-order valence-corrected chi connectivity index (χ4v) is 3.33. The lowest BCUT2D eigenvalue weighted by Gasteiger charge is -2.17. The predicted octanol–water partition coefficient (Wildman–Crippen LogP) is 6.71. The Morgan fingerprint density at radius 3 is 2.05 bits per heavy atom. The molecule has 196 valence electrons. The first-order chi connectivity index (χ1) is 17.8. The third-order valence-electron chi connectivity index (χ3n) is 5.05. The van der Waals surface area contributed by atoms with Gasteiger partial charge in [0.15, 0.2) is 5.69 Å². The molecule has 0 fully saturated rings. The summed E-state index contributed by atoms with van der Waals surface area (Å²) in [6.07, 6.45) is -9.97. The highest BCUT2D eigenvalue weighted by molar-refractivity contribution is 5.68. The number of alkyl halides is 6. The highest BCUT2D eigenvalue weighted by Crippen LogP contribution is 2.36. The molecule has 1 heterocycles. The minimum absolute atomic E-state index is 0.00583. The minimum Gasteiger partial charge on any atom is -0.457 e. The standard InChI is InChI=1S/C24H14F6N4O4/c25-23(26,27)14-6-11-18(19(12-14)34(36)37)31-22-32-20(24(28,29)30)13-21(35)33(22)15-7-9-17(10-8-15)38-16-4-2-1-3-5-16/h1-13H,(H,31,32). The Hall–Kier alpha value is -4.88. The second-order valence-corrected chi connectivity index (χ2v) is 7.66. The zero-order valence-electron chi connectivity index (χ0n) is 18.7. The average molecular weight is 536 g/mol. The van der Waals surface area contributed by atoms with Crippen LogP contribution < -0.4 is 15.6 Å². The lowest BCUT2D eigenvalue weighted by Crippen LogP contribution is -2.25. The van der Waals surface area contributed by atoms with Crippen LogP contribution in [0.4, 0.5) is 43.7 Å². The molecule has 0 aliphatic rings. The van der Waals surface area contributed by atoms with Gasteiger partial charge in [-0.25, -0.2) is 9.55 Å². The number of hydrogen-bond donors (Lipinski definition) is 1. The number of benzene rings is 3. The van der Waals surface area contributed by atoms with Crippen LogP contribution >= 0.6 is 0 Å². The molecule has 0 aliphatic heterocycles. The molecule has 0 bridgehead atoms. The number of nitro groups is 1. The monoisotopic (exact) mass is 536 g/mol. The van der Waals surface area contributed by atoms with Crippen molar-refractivity contribution in [3.05, 3.63) is 111 Å². The Labute approximate surface area is 208 Å². The Bertz CT molecular complexity index is 1540. The van der Waals surface area contributed by atoms with Gasteiger partial charge in [0, 0.05) is 12.1 Å². The molecule has 0 saturated carbocycles. The van der Waals surface area contributed by atoms with Gasteiger partial charge < -0.3 is 10.1 Å². The maximum atomic E-state index is 13.4. The molecule has 0 spiro atoms. The summed E-state index contributed by atoms with van der Waals surface area (Å²) in [5.41, 5.74) is -5.88. The summed E-state index contributed by atoms with van der Waals surface area (Å²) in [6.45, 7) is 0. The van der Waals surface area contributed by atoms with E-state index in [2.05, 4.69) is 10.3 Å². The van der Waals surface area contributed by atoms with E-state index in [1.54, 1.807) is 30.3 Å². The van der Waals surface area contributed by atoms with Crippen LogP contribution in [-0.2, 0) is 12.4 Å². The van der Waals surface area contributed by atoms with E-state index in [9.17, 15) is 41.3 Å². The van der Waals surface area contributed by atoms with Gasteiger partial charge in [0.1, 0.15) is 17.2 Å². The van der Waals surface area contributed by atoms with Crippen LogP contribution in [0.3, 0.4) is 0 Å². The van der Waals surface area contributed by atoms with Gasteiger partial charge in [-0.15, -0.1) is 0 Å². The molecule has 1 aromatic heterocycles. The number of ether oxygens (including phenoxy) is 1. The summed E-state index contributed by atoms with van der Waals surface area (Å²) in [6, 6.07) is 15.7. The van der Waals surface area contributed by atoms with Crippen LogP contribution in [0.2, 0.25) is 0 Å². The molecule has 0 atom stereocenters. The van der Waals surface area contributed by atoms with E-state index in [1.807, 2.05) is 0 Å². The predicted molar refractivity (Wildman–Crippen MR) is 123 cm³/mol. The number of para-hydroxylation sites is 1. The molecule has 0 radical (unpaired) electrons. The van der Waals surface area contributed by atoms with Gasteiger partial charge >= 0.3 is 12.4 Å². The van der Waals surface area contributed by atoms with Gasteiger partial charge in [-0.3, -0.25) is 14.9 Å². The fourth-order valence-electron chi connectivity index (χ4n) is 3.33. The molecule has 0 amide bonds. The zero-order chi connectivity index (χ0) is 27.7. The summed E-state index contributed by atoms with van der Waals surface area (Å²) >= 11 is 0. The molecule has 4 rings (SSSR count). The van der Waals surface area contributed by atoms with E-state index in [-0.39, 0.29) is 17.8 Å². The van der Waals surface area contributed by atoms with Crippen molar-refractivity contribution in [3.63, 3.8) is 0 Å². The summed E-state index contributed by atoms with van der Waals surface area (Å²) in [4.78, 5) is 26.4. The molecule has 14 heteroatoms. The zero-order valence-corrected chi connectivity index (χ0v) is 18.7. The number of halogens is 6. The van der Waals surface area contributed by atoms with Crippen molar-refractivity contribution < 1.29 is 36.0 Å². The molecular formula is C24H14F6N4O4. The van der Waals surface area contributed by atoms with Crippen molar-refractivity contribution in [1.29, 1.82) is 0 Å². The van der Waals surface area contributed by atoms with Crippen molar-refractivity contribution in [3.8, 4) is 17.2 Å². The Kier molecular flexibility index (Phi) is 6.81. The molecule has 3 aromatic carbocycles. The highest BCUT2D eigenvalue weighted by atomic mass is 19.4. The number of nitro benzene ring substituents is 1. The maximum absolute atomic E-state index is 13.4. The van der Waals surface area contributed by atoms with E-state index >= 15 is 0 Å². The first-order valence-corrected chi connectivity index (χ1v) is 10.5. The second-order valence-electron chi connectivity index (χ2n) is 7.66. The highest BCUT2D eigenvalue weighted by Gasteiger charge is 2.35. The van der Waals surface area contributed by atoms with Gasteiger partial charge in [-0.2, -0.15) is 26.3 Å². The average Bonchev–Trinajstić information content (AvgIpc) is 2.84. The van der Waals surface area contributed by atoms with Crippen LogP contribution in [0.5, 0.6) is 11.5 Å². The van der Waals surface area contributed by atoms with Crippen molar-refractivity contribution in [2.75, 3.05) is 5.32 Å². The smallest absolute Gasteiger partial charge is 0.433 e. The maximum Gasteiger partial charge on any atom is 0.433 e. The van der Waals surface area contributed by atoms with E-state index in [0.717, 1.165) is 0 Å². The second kappa shape index (κ2) is 9.88. The lowest BCUT2D eigenvalue weighted by molar-refractivity contribution is -0.384. The third kappa shape index (κ3) is 5.74. The molecule has 4 aromatic rings. The normalized spacial score (nSPS) is 11.7. The van der Waals surface area contributed by atoms with Crippen LogP contribution in [0.25, 0.3) is 5.69 Å². The van der Waals surface area contributed by atoms with Crippen molar-refractivity contribution in [2.24, 2.45) is 0 Å². The molecule has 1 N–H and O–H groups in total. The molecule has 38 heavy (non-hydrogen) atoms. The number of nitrogens with one attached hydrogen (secondary N) is 1. The minimum atomic E-state index is -5.06. The first-order valence-electron chi connectivity index (χ1n) is 10.5. The van der Waals surface area contributed by atoms with Crippen molar-refractivity contribution >= 4 is 17.3 Å². The Morgan fingerprint density at radius 2 is 1.47 bits per heavy atom. The van der Waals surface area contributed by atoms with E-state index < -0.39 is 51.4 Å². The first kappa shape index (κ1) is 26.2. The summed E-state index contributed by atoms with van der Waals surface area (Å²) in [5.74, 6) is -0.00393. The number of anilines is 2. The number of hydrogen-bond acceptors (Lipinski definition) is 6. The van der Waals surface area contributed by atoms with Crippen molar-refractivity contribution in [1.82, 2.24) is 9.55 Å². The number of aromatic nitrogens is 2. The summed E-state index contributed by atoms with van der Waals surface area (Å²) in [7, 11) is 0. The Morgan fingerprint density at radius 1 is 0.842 bits per heavy atom.